The summed E-state index contributed by atoms with van der Waals surface area (Å²) in [6, 6.07) is 4.59. The van der Waals surface area contributed by atoms with Crippen molar-refractivity contribution in [1.29, 1.82) is 0 Å². The molecule has 0 atom stereocenters. The Hall–Kier alpha value is -1.82. The second kappa shape index (κ2) is 8.46. The van der Waals surface area contributed by atoms with E-state index >= 15 is 0 Å². The van der Waals surface area contributed by atoms with E-state index < -0.39 is 4.92 Å². The Labute approximate surface area is 129 Å². The summed E-state index contributed by atoms with van der Waals surface area (Å²) in [7, 11) is 0. The summed E-state index contributed by atoms with van der Waals surface area (Å²) >= 11 is 1.45. The third-order valence-corrected chi connectivity index (χ3v) is 3.87. The standard InChI is InChI=1S/C15H20N2O3S/c1-4-8-16-15(18)12-5-6-14(13(10-12)17(19)20)21-9-7-11(2)3/h4-6,10-11H,1,7-9H2,2-3H3,(H,16,18). The molecular formula is C15H20N2O3S. The number of amides is 1. The molecule has 0 unspecified atom stereocenters. The molecule has 6 heteroatoms. The molecule has 0 spiro atoms. The van der Waals surface area contributed by atoms with Crippen LogP contribution in [0.15, 0.2) is 35.7 Å². The lowest BCUT2D eigenvalue weighted by atomic mass is 10.2. The van der Waals surface area contributed by atoms with Crippen molar-refractivity contribution in [3.8, 4) is 0 Å². The maximum atomic E-state index is 11.8. The molecule has 0 aliphatic rings. The molecule has 0 bridgehead atoms. The number of hydrogen-bond acceptors (Lipinski definition) is 4. The highest BCUT2D eigenvalue weighted by molar-refractivity contribution is 7.99. The fourth-order valence-electron chi connectivity index (χ4n) is 1.59. The second-order valence-electron chi connectivity index (χ2n) is 4.97. The Morgan fingerprint density at radius 3 is 2.81 bits per heavy atom. The van der Waals surface area contributed by atoms with Crippen molar-refractivity contribution in [1.82, 2.24) is 5.32 Å². The molecule has 0 aromatic heterocycles. The first kappa shape index (κ1) is 17.2. The minimum absolute atomic E-state index is 0.0185. The third-order valence-electron chi connectivity index (χ3n) is 2.78. The van der Waals surface area contributed by atoms with E-state index in [9.17, 15) is 14.9 Å². The number of nitrogens with one attached hydrogen (secondary N) is 1. The molecule has 0 heterocycles. The molecule has 21 heavy (non-hydrogen) atoms. The van der Waals surface area contributed by atoms with Crippen molar-refractivity contribution >= 4 is 23.4 Å². The van der Waals surface area contributed by atoms with Crippen LogP contribution in [-0.4, -0.2) is 23.1 Å². The molecule has 0 aliphatic heterocycles. The SMILES string of the molecule is C=CCNC(=O)c1ccc(SCCC(C)C)c([N+](=O)[O-])c1. The molecule has 0 saturated carbocycles. The van der Waals surface area contributed by atoms with Crippen LogP contribution < -0.4 is 5.32 Å². The number of nitro groups is 1. The Morgan fingerprint density at radius 1 is 1.52 bits per heavy atom. The number of thioether (sulfide) groups is 1. The third kappa shape index (κ3) is 5.59. The van der Waals surface area contributed by atoms with Gasteiger partial charge in [-0.2, -0.15) is 0 Å². The fourth-order valence-corrected chi connectivity index (χ4v) is 2.85. The Kier molecular flexibility index (Phi) is 6.94. The summed E-state index contributed by atoms with van der Waals surface area (Å²) in [5, 5.41) is 13.8. The van der Waals surface area contributed by atoms with Gasteiger partial charge in [-0.3, -0.25) is 14.9 Å². The first-order valence-electron chi connectivity index (χ1n) is 6.76. The zero-order valence-electron chi connectivity index (χ0n) is 12.3. The quantitative estimate of drug-likeness (QED) is 0.344. The van der Waals surface area contributed by atoms with Crippen LogP contribution in [0.5, 0.6) is 0 Å². The van der Waals surface area contributed by atoms with E-state index in [4.69, 9.17) is 0 Å². The lowest BCUT2D eigenvalue weighted by molar-refractivity contribution is -0.387. The van der Waals surface area contributed by atoms with Gasteiger partial charge in [0.15, 0.2) is 0 Å². The zero-order valence-corrected chi connectivity index (χ0v) is 13.1. The number of carbonyl (C=O) groups is 1. The first-order valence-corrected chi connectivity index (χ1v) is 7.74. The predicted octanol–water partition coefficient (Wildman–Crippen LogP) is 3.65. The highest BCUT2D eigenvalue weighted by Gasteiger charge is 2.17. The lowest BCUT2D eigenvalue weighted by Gasteiger charge is -2.07. The number of nitro benzene ring substituents is 1. The van der Waals surface area contributed by atoms with Crippen LogP contribution in [0, 0.1) is 16.0 Å². The van der Waals surface area contributed by atoms with Gasteiger partial charge in [0.25, 0.3) is 11.6 Å². The lowest BCUT2D eigenvalue weighted by Crippen LogP contribution is -2.23. The smallest absolute Gasteiger partial charge is 0.283 e. The maximum absolute atomic E-state index is 11.8. The summed E-state index contributed by atoms with van der Waals surface area (Å²) in [6.07, 6.45) is 2.55. The van der Waals surface area contributed by atoms with Gasteiger partial charge in [-0.15, -0.1) is 18.3 Å². The summed E-state index contributed by atoms with van der Waals surface area (Å²) in [5.41, 5.74) is 0.270. The van der Waals surface area contributed by atoms with Crippen molar-refractivity contribution in [2.24, 2.45) is 5.92 Å². The van der Waals surface area contributed by atoms with Crippen molar-refractivity contribution in [2.45, 2.75) is 25.2 Å². The molecule has 114 valence electrons. The molecular weight excluding hydrogens is 288 g/mol. The van der Waals surface area contributed by atoms with Gasteiger partial charge in [0.05, 0.1) is 9.82 Å². The number of benzene rings is 1. The Bertz CT molecular complexity index is 530. The summed E-state index contributed by atoms with van der Waals surface area (Å²) in [6.45, 7) is 8.06. The van der Waals surface area contributed by atoms with E-state index in [1.54, 1.807) is 18.2 Å². The van der Waals surface area contributed by atoms with Crippen LogP contribution in [0.4, 0.5) is 5.69 Å². The summed E-state index contributed by atoms with van der Waals surface area (Å²) < 4.78 is 0. The average molecular weight is 308 g/mol. The van der Waals surface area contributed by atoms with E-state index in [0.717, 1.165) is 12.2 Å². The van der Waals surface area contributed by atoms with E-state index in [1.807, 2.05) is 0 Å². The predicted molar refractivity (Wildman–Crippen MR) is 85.8 cm³/mol. The molecule has 1 N–H and O–H groups in total. The topological polar surface area (TPSA) is 72.2 Å². The maximum Gasteiger partial charge on any atom is 0.283 e. The van der Waals surface area contributed by atoms with Crippen LogP contribution >= 0.6 is 11.8 Å². The van der Waals surface area contributed by atoms with Crippen molar-refractivity contribution < 1.29 is 9.72 Å². The van der Waals surface area contributed by atoms with E-state index in [2.05, 4.69) is 25.7 Å². The molecule has 5 nitrogen and oxygen atoms in total. The molecule has 0 fully saturated rings. The average Bonchev–Trinajstić information content (AvgIpc) is 2.44. The molecule has 0 saturated heterocycles. The van der Waals surface area contributed by atoms with Crippen molar-refractivity contribution in [3.63, 3.8) is 0 Å². The van der Waals surface area contributed by atoms with Crippen LogP contribution in [0.1, 0.15) is 30.6 Å². The molecule has 0 aliphatic carbocycles. The van der Waals surface area contributed by atoms with Gasteiger partial charge in [0, 0.05) is 18.2 Å². The summed E-state index contributed by atoms with van der Waals surface area (Å²) in [5.74, 6) is 1.04. The molecule has 1 rings (SSSR count). The molecule has 0 radical (unpaired) electrons. The van der Waals surface area contributed by atoms with Crippen LogP contribution in [0.25, 0.3) is 0 Å². The molecule has 1 aromatic rings. The number of nitrogens with zero attached hydrogens (tertiary/aromatic N) is 1. The highest BCUT2D eigenvalue weighted by atomic mass is 32.2. The normalized spacial score (nSPS) is 10.4. The van der Waals surface area contributed by atoms with E-state index in [0.29, 0.717) is 17.4 Å². The first-order chi connectivity index (χ1) is 9.95. The fraction of sp³-hybridized carbons (Fsp3) is 0.400. The van der Waals surface area contributed by atoms with Gasteiger partial charge < -0.3 is 5.32 Å². The van der Waals surface area contributed by atoms with Crippen LogP contribution in [-0.2, 0) is 0 Å². The van der Waals surface area contributed by atoms with Gasteiger partial charge in [0.1, 0.15) is 0 Å². The van der Waals surface area contributed by atoms with E-state index in [-0.39, 0.29) is 17.2 Å². The van der Waals surface area contributed by atoms with Gasteiger partial charge in [-0.05, 0) is 30.2 Å². The Morgan fingerprint density at radius 2 is 2.24 bits per heavy atom. The number of rotatable bonds is 8. The molecule has 1 aromatic carbocycles. The van der Waals surface area contributed by atoms with Crippen LogP contribution in [0.2, 0.25) is 0 Å². The largest absolute Gasteiger partial charge is 0.349 e. The minimum Gasteiger partial charge on any atom is -0.349 e. The Balaban J connectivity index is 2.88. The van der Waals surface area contributed by atoms with E-state index in [1.165, 1.54) is 17.8 Å². The zero-order chi connectivity index (χ0) is 15.8. The van der Waals surface area contributed by atoms with Gasteiger partial charge in [0.2, 0.25) is 0 Å². The van der Waals surface area contributed by atoms with Gasteiger partial charge in [-0.1, -0.05) is 19.9 Å². The van der Waals surface area contributed by atoms with Gasteiger partial charge >= 0.3 is 0 Å². The summed E-state index contributed by atoms with van der Waals surface area (Å²) in [4.78, 5) is 23.1. The highest BCUT2D eigenvalue weighted by Crippen LogP contribution is 2.31. The number of hydrogen-bond donors (Lipinski definition) is 1. The number of carbonyl (C=O) groups excluding carboxylic acids is 1. The van der Waals surface area contributed by atoms with Crippen LogP contribution in [0.3, 0.4) is 0 Å². The monoisotopic (exact) mass is 308 g/mol. The minimum atomic E-state index is -0.442. The van der Waals surface area contributed by atoms with Crippen molar-refractivity contribution in [3.05, 3.63) is 46.5 Å². The second-order valence-corrected chi connectivity index (χ2v) is 6.11. The van der Waals surface area contributed by atoms with Gasteiger partial charge in [-0.25, -0.2) is 0 Å². The molecule has 1 amide bonds. The van der Waals surface area contributed by atoms with Crippen molar-refractivity contribution in [2.75, 3.05) is 12.3 Å².